The van der Waals surface area contributed by atoms with E-state index in [2.05, 4.69) is 16.4 Å². The van der Waals surface area contributed by atoms with Crippen LogP contribution in [0, 0.1) is 11.3 Å². The van der Waals surface area contributed by atoms with Crippen molar-refractivity contribution in [1.29, 1.82) is 5.26 Å². The SMILES string of the molecule is CN(C)c1cccc(Nc2ncc(N)cc2C#N)c1. The molecule has 3 N–H and O–H groups in total. The predicted octanol–water partition coefficient (Wildman–Crippen LogP) is 2.35. The number of nitrogens with two attached hydrogens (primary N) is 1. The molecule has 0 aliphatic heterocycles. The Balaban J connectivity index is 2.31. The van der Waals surface area contributed by atoms with Crippen LogP contribution >= 0.6 is 0 Å². The highest BCUT2D eigenvalue weighted by Crippen LogP contribution is 2.23. The number of hydrogen-bond donors (Lipinski definition) is 2. The number of nitrogen functional groups attached to an aromatic ring is 1. The van der Waals surface area contributed by atoms with Gasteiger partial charge in [-0.05, 0) is 24.3 Å². The highest BCUT2D eigenvalue weighted by molar-refractivity contribution is 5.67. The summed E-state index contributed by atoms with van der Waals surface area (Å²) in [4.78, 5) is 6.15. The van der Waals surface area contributed by atoms with Crippen molar-refractivity contribution in [2.75, 3.05) is 30.0 Å². The van der Waals surface area contributed by atoms with Crippen molar-refractivity contribution in [1.82, 2.24) is 4.98 Å². The molecule has 19 heavy (non-hydrogen) atoms. The third kappa shape index (κ3) is 2.93. The van der Waals surface area contributed by atoms with Gasteiger partial charge in [-0.25, -0.2) is 4.98 Å². The Morgan fingerprint density at radius 2 is 2.11 bits per heavy atom. The molecule has 0 saturated carbocycles. The van der Waals surface area contributed by atoms with Crippen molar-refractivity contribution in [2.45, 2.75) is 0 Å². The second-order valence-corrected chi connectivity index (χ2v) is 4.35. The van der Waals surface area contributed by atoms with Crippen molar-refractivity contribution in [3.63, 3.8) is 0 Å². The molecule has 2 aromatic rings. The third-order valence-corrected chi connectivity index (χ3v) is 2.65. The van der Waals surface area contributed by atoms with Crippen LogP contribution in [0.15, 0.2) is 36.5 Å². The molecule has 96 valence electrons. The molecule has 2 rings (SSSR count). The first-order valence-electron chi connectivity index (χ1n) is 5.80. The zero-order valence-corrected chi connectivity index (χ0v) is 10.9. The van der Waals surface area contributed by atoms with Gasteiger partial charge in [0.25, 0.3) is 0 Å². The molecule has 0 atom stereocenters. The quantitative estimate of drug-likeness (QED) is 0.877. The number of rotatable bonds is 3. The van der Waals surface area contributed by atoms with E-state index in [1.165, 1.54) is 6.20 Å². The van der Waals surface area contributed by atoms with Gasteiger partial charge in [0, 0.05) is 25.5 Å². The first-order valence-corrected chi connectivity index (χ1v) is 5.80. The Labute approximate surface area is 112 Å². The number of nitrogens with zero attached hydrogens (tertiary/aromatic N) is 3. The normalized spacial score (nSPS) is 9.74. The van der Waals surface area contributed by atoms with Crippen LogP contribution in [-0.2, 0) is 0 Å². The molecule has 0 unspecified atom stereocenters. The Morgan fingerprint density at radius 3 is 2.79 bits per heavy atom. The van der Waals surface area contributed by atoms with E-state index < -0.39 is 0 Å². The molecule has 0 saturated heterocycles. The monoisotopic (exact) mass is 253 g/mol. The van der Waals surface area contributed by atoms with Gasteiger partial charge in [-0.1, -0.05) is 6.07 Å². The topological polar surface area (TPSA) is 78.0 Å². The van der Waals surface area contributed by atoms with Crippen LogP contribution in [0.4, 0.5) is 22.9 Å². The summed E-state index contributed by atoms with van der Waals surface area (Å²) in [7, 11) is 3.95. The van der Waals surface area contributed by atoms with Gasteiger partial charge < -0.3 is 16.0 Å². The molecule has 1 aromatic heterocycles. The van der Waals surface area contributed by atoms with Crippen LogP contribution < -0.4 is 16.0 Å². The Morgan fingerprint density at radius 1 is 1.32 bits per heavy atom. The van der Waals surface area contributed by atoms with Gasteiger partial charge in [-0.15, -0.1) is 0 Å². The first kappa shape index (κ1) is 12.7. The van der Waals surface area contributed by atoms with Gasteiger partial charge in [0.2, 0.25) is 0 Å². The van der Waals surface area contributed by atoms with E-state index >= 15 is 0 Å². The number of hydrogen-bond acceptors (Lipinski definition) is 5. The van der Waals surface area contributed by atoms with E-state index in [1.54, 1.807) is 6.07 Å². The fourth-order valence-electron chi connectivity index (χ4n) is 1.66. The molecule has 0 amide bonds. The van der Waals surface area contributed by atoms with E-state index in [9.17, 15) is 0 Å². The lowest BCUT2D eigenvalue weighted by Gasteiger charge is -2.14. The number of pyridine rings is 1. The van der Waals surface area contributed by atoms with Crippen LogP contribution in [0.25, 0.3) is 0 Å². The highest BCUT2D eigenvalue weighted by atomic mass is 15.1. The summed E-state index contributed by atoms with van der Waals surface area (Å²) in [6.45, 7) is 0. The molecule has 0 radical (unpaired) electrons. The van der Waals surface area contributed by atoms with E-state index in [4.69, 9.17) is 11.0 Å². The molecule has 0 fully saturated rings. The lowest BCUT2D eigenvalue weighted by atomic mass is 10.2. The smallest absolute Gasteiger partial charge is 0.148 e. The maximum Gasteiger partial charge on any atom is 0.148 e. The largest absolute Gasteiger partial charge is 0.397 e. The lowest BCUT2D eigenvalue weighted by molar-refractivity contribution is 1.13. The molecule has 5 nitrogen and oxygen atoms in total. The van der Waals surface area contributed by atoms with E-state index in [-0.39, 0.29) is 0 Å². The Bertz CT molecular complexity index is 628. The van der Waals surface area contributed by atoms with E-state index in [0.29, 0.717) is 17.1 Å². The van der Waals surface area contributed by atoms with Crippen LogP contribution in [0.5, 0.6) is 0 Å². The van der Waals surface area contributed by atoms with Gasteiger partial charge in [0.1, 0.15) is 11.9 Å². The zero-order chi connectivity index (χ0) is 13.8. The van der Waals surface area contributed by atoms with Crippen LogP contribution in [0.3, 0.4) is 0 Å². The van der Waals surface area contributed by atoms with Crippen molar-refractivity contribution < 1.29 is 0 Å². The average Bonchev–Trinajstić information content (AvgIpc) is 2.41. The van der Waals surface area contributed by atoms with Gasteiger partial charge in [-0.2, -0.15) is 5.26 Å². The van der Waals surface area contributed by atoms with Gasteiger partial charge in [0.05, 0.1) is 17.4 Å². The van der Waals surface area contributed by atoms with Crippen LogP contribution in [0.2, 0.25) is 0 Å². The second kappa shape index (κ2) is 5.27. The number of benzene rings is 1. The molecule has 1 heterocycles. The van der Waals surface area contributed by atoms with Crippen LogP contribution in [-0.4, -0.2) is 19.1 Å². The molecule has 0 aliphatic carbocycles. The molecule has 1 aromatic carbocycles. The Hall–Kier alpha value is -2.74. The fourth-order valence-corrected chi connectivity index (χ4v) is 1.66. The molecule has 5 heteroatoms. The van der Waals surface area contributed by atoms with Crippen molar-refractivity contribution in [3.8, 4) is 6.07 Å². The molecule has 0 bridgehead atoms. The molecule has 0 spiro atoms. The molecular formula is C14H15N5. The summed E-state index contributed by atoms with van der Waals surface area (Å²) in [6.07, 6.45) is 1.53. The number of anilines is 4. The van der Waals surface area contributed by atoms with Crippen LogP contribution in [0.1, 0.15) is 5.56 Å². The standard InChI is InChI=1S/C14H15N5/c1-19(2)13-5-3-4-12(7-13)18-14-10(8-15)6-11(16)9-17-14/h3-7,9H,16H2,1-2H3,(H,17,18). The maximum atomic E-state index is 9.07. The average molecular weight is 253 g/mol. The second-order valence-electron chi connectivity index (χ2n) is 4.35. The number of nitrogens with one attached hydrogen (secondary N) is 1. The van der Waals surface area contributed by atoms with Gasteiger partial charge in [-0.3, -0.25) is 0 Å². The summed E-state index contributed by atoms with van der Waals surface area (Å²) < 4.78 is 0. The lowest BCUT2D eigenvalue weighted by Crippen LogP contribution is -2.08. The van der Waals surface area contributed by atoms with Gasteiger partial charge in [0.15, 0.2) is 0 Å². The predicted molar refractivity (Wildman–Crippen MR) is 77.4 cm³/mol. The summed E-state index contributed by atoms with van der Waals surface area (Å²) in [5.74, 6) is 0.507. The molecular weight excluding hydrogens is 238 g/mol. The summed E-state index contributed by atoms with van der Waals surface area (Å²) >= 11 is 0. The summed E-state index contributed by atoms with van der Waals surface area (Å²) in [6, 6.07) is 11.5. The summed E-state index contributed by atoms with van der Waals surface area (Å²) in [5.41, 5.74) is 8.46. The minimum absolute atomic E-state index is 0.426. The minimum Gasteiger partial charge on any atom is -0.397 e. The maximum absolute atomic E-state index is 9.07. The Kier molecular flexibility index (Phi) is 3.53. The minimum atomic E-state index is 0.426. The van der Waals surface area contributed by atoms with Gasteiger partial charge >= 0.3 is 0 Å². The van der Waals surface area contributed by atoms with Crippen molar-refractivity contribution in [3.05, 3.63) is 42.1 Å². The third-order valence-electron chi connectivity index (χ3n) is 2.65. The zero-order valence-electron chi connectivity index (χ0n) is 10.9. The fraction of sp³-hybridized carbons (Fsp3) is 0.143. The van der Waals surface area contributed by atoms with Crippen molar-refractivity contribution >= 4 is 22.9 Å². The molecule has 0 aliphatic rings. The van der Waals surface area contributed by atoms with E-state index in [0.717, 1.165) is 11.4 Å². The highest BCUT2D eigenvalue weighted by Gasteiger charge is 2.05. The van der Waals surface area contributed by atoms with E-state index in [1.807, 2.05) is 43.3 Å². The van der Waals surface area contributed by atoms with Crippen molar-refractivity contribution in [2.24, 2.45) is 0 Å². The number of aromatic nitrogens is 1. The summed E-state index contributed by atoms with van der Waals surface area (Å²) in [5, 5.41) is 12.2. The number of nitriles is 1. The first-order chi connectivity index (χ1) is 9.10.